The number of amides is 1. The number of hydrogen-bond acceptors (Lipinski definition) is 5. The number of aryl methyl sites for hydroxylation is 1. The third-order valence-corrected chi connectivity index (χ3v) is 5.77. The van der Waals surface area contributed by atoms with Gasteiger partial charge in [-0.25, -0.2) is 9.97 Å². The maximum atomic E-state index is 13.1. The molecule has 31 heavy (non-hydrogen) atoms. The van der Waals surface area contributed by atoms with E-state index in [1.54, 1.807) is 23.5 Å². The van der Waals surface area contributed by atoms with E-state index in [9.17, 15) is 4.79 Å². The van der Waals surface area contributed by atoms with Gasteiger partial charge in [0, 0.05) is 31.6 Å². The molecule has 0 fully saturated rings. The molecule has 0 radical (unpaired) electrons. The van der Waals surface area contributed by atoms with Crippen LogP contribution in [-0.2, 0) is 11.3 Å². The third kappa shape index (κ3) is 5.38. The van der Waals surface area contributed by atoms with Crippen LogP contribution in [0.15, 0.2) is 73.3 Å². The Morgan fingerprint density at radius 1 is 1.23 bits per heavy atom. The second-order valence-electron chi connectivity index (χ2n) is 6.95. The summed E-state index contributed by atoms with van der Waals surface area (Å²) in [4.78, 5) is 23.7. The molecule has 0 aliphatic heterocycles. The van der Waals surface area contributed by atoms with Gasteiger partial charge in [0.2, 0.25) is 0 Å². The average Bonchev–Trinajstić information content (AvgIpc) is 3.45. The fourth-order valence-corrected chi connectivity index (χ4v) is 4.24. The van der Waals surface area contributed by atoms with E-state index in [0.717, 1.165) is 34.5 Å². The molecular weight excluding hydrogens is 408 g/mol. The molecule has 2 aromatic carbocycles. The first-order valence-electron chi connectivity index (χ1n) is 10.3. The van der Waals surface area contributed by atoms with Crippen molar-refractivity contribution in [1.82, 2.24) is 14.5 Å². The summed E-state index contributed by atoms with van der Waals surface area (Å²) in [6.45, 7) is 3.92. The molecular formula is C24H24N4O2S. The van der Waals surface area contributed by atoms with E-state index in [2.05, 4.69) is 4.98 Å². The highest BCUT2D eigenvalue weighted by molar-refractivity contribution is 7.22. The Kier molecular flexibility index (Phi) is 6.74. The average molecular weight is 433 g/mol. The van der Waals surface area contributed by atoms with Gasteiger partial charge in [0.15, 0.2) is 5.13 Å². The van der Waals surface area contributed by atoms with E-state index >= 15 is 0 Å². The maximum absolute atomic E-state index is 13.1. The summed E-state index contributed by atoms with van der Waals surface area (Å²) in [6, 6.07) is 15.6. The standard InChI is InChI=1S/C24H24N4O2S/c1-2-30-20-10-11-21-22(17-20)31-24(26-21)28(15-6-14-27-16-13-25-18-27)23(29)12-9-19-7-4-3-5-8-19/h3-5,7-13,16-18H,2,6,14-15H2,1H3/b12-9+. The molecule has 0 unspecified atom stereocenters. The largest absolute Gasteiger partial charge is 0.494 e. The van der Waals surface area contributed by atoms with Crippen molar-refractivity contribution in [3.63, 3.8) is 0 Å². The van der Waals surface area contributed by atoms with Crippen molar-refractivity contribution in [3.05, 3.63) is 78.9 Å². The molecule has 0 N–H and O–H groups in total. The number of nitrogens with zero attached hydrogens (tertiary/aromatic N) is 4. The van der Waals surface area contributed by atoms with Crippen molar-refractivity contribution in [2.75, 3.05) is 18.1 Å². The second kappa shape index (κ2) is 10.0. The van der Waals surface area contributed by atoms with Crippen LogP contribution in [0.2, 0.25) is 0 Å². The van der Waals surface area contributed by atoms with Gasteiger partial charge in [-0.3, -0.25) is 9.69 Å². The lowest BCUT2D eigenvalue weighted by molar-refractivity contribution is -0.114. The van der Waals surface area contributed by atoms with E-state index in [0.29, 0.717) is 18.3 Å². The van der Waals surface area contributed by atoms with Gasteiger partial charge in [0.05, 0.1) is 23.2 Å². The van der Waals surface area contributed by atoms with Crippen molar-refractivity contribution >= 4 is 38.7 Å². The number of thiazole rings is 1. The van der Waals surface area contributed by atoms with Crippen LogP contribution in [0.3, 0.4) is 0 Å². The number of hydrogen-bond donors (Lipinski definition) is 0. The van der Waals surface area contributed by atoms with Crippen LogP contribution in [0.5, 0.6) is 5.75 Å². The molecule has 4 rings (SSSR count). The zero-order valence-electron chi connectivity index (χ0n) is 17.3. The van der Waals surface area contributed by atoms with Crippen LogP contribution in [0.4, 0.5) is 5.13 Å². The molecule has 0 bridgehead atoms. The van der Waals surface area contributed by atoms with Crippen LogP contribution >= 0.6 is 11.3 Å². The minimum absolute atomic E-state index is 0.0847. The quantitative estimate of drug-likeness (QED) is 0.348. The van der Waals surface area contributed by atoms with Gasteiger partial charge in [-0.05, 0) is 43.2 Å². The Labute approximate surface area is 185 Å². The summed E-state index contributed by atoms with van der Waals surface area (Å²) in [6.07, 6.45) is 9.72. The van der Waals surface area contributed by atoms with Gasteiger partial charge in [0.25, 0.3) is 5.91 Å². The van der Waals surface area contributed by atoms with Gasteiger partial charge in [-0.1, -0.05) is 41.7 Å². The predicted octanol–water partition coefficient (Wildman–Crippen LogP) is 5.03. The number of carbonyl (C=O) groups excluding carboxylic acids is 1. The third-order valence-electron chi connectivity index (χ3n) is 4.73. The molecule has 7 heteroatoms. The topological polar surface area (TPSA) is 60.2 Å². The van der Waals surface area contributed by atoms with Crippen LogP contribution in [0.25, 0.3) is 16.3 Å². The normalized spacial score (nSPS) is 11.3. The number of carbonyl (C=O) groups is 1. The Morgan fingerprint density at radius 2 is 2.10 bits per heavy atom. The van der Waals surface area contributed by atoms with E-state index in [-0.39, 0.29) is 5.91 Å². The summed E-state index contributed by atoms with van der Waals surface area (Å²) in [5.74, 6) is 0.728. The molecule has 0 saturated heterocycles. The first-order chi connectivity index (χ1) is 15.2. The zero-order chi connectivity index (χ0) is 21.5. The number of aromatic nitrogens is 3. The summed E-state index contributed by atoms with van der Waals surface area (Å²) in [7, 11) is 0. The molecule has 2 heterocycles. The second-order valence-corrected chi connectivity index (χ2v) is 7.96. The SMILES string of the molecule is CCOc1ccc2nc(N(CCCn3ccnc3)C(=O)/C=C/c3ccccc3)sc2c1. The fraction of sp³-hybridized carbons (Fsp3) is 0.208. The first-order valence-corrected chi connectivity index (χ1v) is 11.1. The number of ether oxygens (including phenoxy) is 1. The molecule has 4 aromatic rings. The smallest absolute Gasteiger partial charge is 0.252 e. The van der Waals surface area contributed by atoms with Gasteiger partial charge < -0.3 is 9.30 Å². The Hall–Kier alpha value is -3.45. The van der Waals surface area contributed by atoms with Gasteiger partial charge in [0.1, 0.15) is 5.75 Å². The summed E-state index contributed by atoms with van der Waals surface area (Å²) >= 11 is 1.50. The molecule has 0 atom stereocenters. The van der Waals surface area contributed by atoms with Crippen molar-refractivity contribution in [2.24, 2.45) is 0 Å². The summed E-state index contributed by atoms with van der Waals surface area (Å²) < 4.78 is 8.61. The summed E-state index contributed by atoms with van der Waals surface area (Å²) in [5.41, 5.74) is 1.85. The number of anilines is 1. The molecule has 2 aromatic heterocycles. The van der Waals surface area contributed by atoms with Gasteiger partial charge in [-0.15, -0.1) is 0 Å². The molecule has 158 valence electrons. The van der Waals surface area contributed by atoms with Gasteiger partial charge in [-0.2, -0.15) is 0 Å². The monoisotopic (exact) mass is 432 g/mol. The van der Waals surface area contributed by atoms with E-state index in [1.165, 1.54) is 11.3 Å². The first kappa shape index (κ1) is 20.8. The Bertz CT molecular complexity index is 1150. The van der Waals surface area contributed by atoms with Crippen molar-refractivity contribution in [3.8, 4) is 5.75 Å². The molecule has 0 aliphatic rings. The number of rotatable bonds is 9. The zero-order valence-corrected chi connectivity index (χ0v) is 18.2. The molecule has 0 saturated carbocycles. The van der Waals surface area contributed by atoms with E-state index in [1.807, 2.05) is 72.3 Å². The highest BCUT2D eigenvalue weighted by Gasteiger charge is 2.18. The Balaban J connectivity index is 1.56. The van der Waals surface area contributed by atoms with Crippen LogP contribution < -0.4 is 9.64 Å². The minimum Gasteiger partial charge on any atom is -0.494 e. The fourth-order valence-electron chi connectivity index (χ4n) is 3.22. The lowest BCUT2D eigenvalue weighted by Crippen LogP contribution is -2.30. The van der Waals surface area contributed by atoms with Crippen LogP contribution in [-0.4, -0.2) is 33.6 Å². The molecule has 1 amide bonds. The van der Waals surface area contributed by atoms with Crippen molar-refractivity contribution < 1.29 is 9.53 Å². The molecule has 6 nitrogen and oxygen atoms in total. The highest BCUT2D eigenvalue weighted by atomic mass is 32.1. The van der Waals surface area contributed by atoms with Gasteiger partial charge >= 0.3 is 0 Å². The number of imidazole rings is 1. The molecule has 0 spiro atoms. The summed E-state index contributed by atoms with van der Waals surface area (Å²) in [5, 5.41) is 0.692. The van der Waals surface area contributed by atoms with E-state index < -0.39 is 0 Å². The van der Waals surface area contributed by atoms with Crippen molar-refractivity contribution in [2.45, 2.75) is 19.9 Å². The van der Waals surface area contributed by atoms with E-state index in [4.69, 9.17) is 9.72 Å². The number of fused-ring (bicyclic) bond motifs is 1. The highest BCUT2D eigenvalue weighted by Crippen LogP contribution is 2.32. The maximum Gasteiger partial charge on any atom is 0.252 e. The predicted molar refractivity (Wildman–Crippen MR) is 125 cm³/mol. The lowest BCUT2D eigenvalue weighted by atomic mass is 10.2. The minimum atomic E-state index is -0.0847. The van der Waals surface area contributed by atoms with Crippen LogP contribution in [0, 0.1) is 0 Å². The van der Waals surface area contributed by atoms with Crippen molar-refractivity contribution in [1.29, 1.82) is 0 Å². The Morgan fingerprint density at radius 3 is 2.87 bits per heavy atom. The number of benzene rings is 2. The molecule has 0 aliphatic carbocycles. The van der Waals surface area contributed by atoms with Crippen LogP contribution in [0.1, 0.15) is 18.9 Å². The lowest BCUT2D eigenvalue weighted by Gasteiger charge is -2.18.